The zero-order valence-corrected chi connectivity index (χ0v) is 16.8. The van der Waals surface area contributed by atoms with Gasteiger partial charge in [0, 0.05) is 24.7 Å². The molecule has 0 aliphatic heterocycles. The monoisotopic (exact) mass is 421 g/mol. The van der Waals surface area contributed by atoms with E-state index < -0.39 is 0 Å². The summed E-state index contributed by atoms with van der Waals surface area (Å²) >= 11 is 6.23. The second-order valence-electron chi connectivity index (χ2n) is 6.16. The first-order valence-corrected chi connectivity index (χ1v) is 9.08. The van der Waals surface area contributed by atoms with Crippen molar-refractivity contribution in [3.63, 3.8) is 0 Å². The van der Waals surface area contributed by atoms with E-state index in [2.05, 4.69) is 35.8 Å². The third-order valence-corrected chi connectivity index (χ3v) is 4.65. The summed E-state index contributed by atoms with van der Waals surface area (Å²) in [4.78, 5) is 10.7. The number of anilines is 1. The molecule has 0 amide bonds. The number of benzene rings is 1. The number of imidazole rings is 1. The van der Waals surface area contributed by atoms with E-state index in [0.29, 0.717) is 16.6 Å². The SMILES string of the molecule is COc1cc(CNCCCNc2nc3nnccc3[nH]2)c2[nH]cc(Cl)c2c1.Cl. The number of halogens is 2. The van der Waals surface area contributed by atoms with Gasteiger partial charge in [0.25, 0.3) is 0 Å². The van der Waals surface area contributed by atoms with E-state index in [9.17, 15) is 0 Å². The molecule has 0 aliphatic carbocycles. The van der Waals surface area contributed by atoms with E-state index in [1.165, 1.54) is 0 Å². The lowest BCUT2D eigenvalue weighted by atomic mass is 10.1. The summed E-state index contributed by atoms with van der Waals surface area (Å²) in [5.74, 6) is 1.51. The van der Waals surface area contributed by atoms with Crippen molar-refractivity contribution in [3.05, 3.63) is 41.2 Å². The summed E-state index contributed by atoms with van der Waals surface area (Å²) in [5, 5.41) is 16.2. The first-order valence-electron chi connectivity index (χ1n) is 8.70. The van der Waals surface area contributed by atoms with Crippen molar-refractivity contribution in [3.8, 4) is 5.75 Å². The molecule has 0 saturated carbocycles. The number of nitrogens with zero attached hydrogens (tertiary/aromatic N) is 3. The van der Waals surface area contributed by atoms with Gasteiger partial charge in [0.05, 0.1) is 29.4 Å². The van der Waals surface area contributed by atoms with Crippen LogP contribution in [-0.2, 0) is 6.54 Å². The fourth-order valence-corrected chi connectivity index (χ4v) is 3.20. The van der Waals surface area contributed by atoms with E-state index in [1.807, 2.05) is 18.2 Å². The highest BCUT2D eigenvalue weighted by Crippen LogP contribution is 2.30. The number of rotatable bonds is 8. The second-order valence-corrected chi connectivity index (χ2v) is 6.56. The van der Waals surface area contributed by atoms with E-state index in [0.717, 1.165) is 53.8 Å². The van der Waals surface area contributed by atoms with Crippen LogP contribution >= 0.6 is 24.0 Å². The van der Waals surface area contributed by atoms with Gasteiger partial charge in [-0.2, -0.15) is 10.1 Å². The number of aromatic amines is 2. The van der Waals surface area contributed by atoms with Crippen LogP contribution < -0.4 is 15.4 Å². The molecule has 4 N–H and O–H groups in total. The van der Waals surface area contributed by atoms with Crippen LogP contribution in [0, 0.1) is 0 Å². The molecular weight excluding hydrogens is 401 g/mol. The van der Waals surface area contributed by atoms with Crippen LogP contribution in [0.1, 0.15) is 12.0 Å². The number of methoxy groups -OCH3 is 1. The predicted octanol–water partition coefficient (Wildman–Crippen LogP) is 3.51. The van der Waals surface area contributed by atoms with Gasteiger partial charge in [0.2, 0.25) is 11.6 Å². The summed E-state index contributed by atoms with van der Waals surface area (Å²) in [6.07, 6.45) is 4.39. The maximum Gasteiger partial charge on any atom is 0.202 e. The summed E-state index contributed by atoms with van der Waals surface area (Å²) in [7, 11) is 1.66. The van der Waals surface area contributed by atoms with Crippen LogP contribution in [-0.4, -0.2) is 45.3 Å². The first kappa shape index (κ1) is 20.2. The minimum absolute atomic E-state index is 0. The molecule has 0 atom stereocenters. The van der Waals surface area contributed by atoms with Gasteiger partial charge in [-0.1, -0.05) is 11.6 Å². The zero-order valence-electron chi connectivity index (χ0n) is 15.3. The molecule has 4 aromatic rings. The predicted molar refractivity (Wildman–Crippen MR) is 114 cm³/mol. The highest BCUT2D eigenvalue weighted by Gasteiger charge is 2.09. The molecule has 0 radical (unpaired) electrons. The van der Waals surface area contributed by atoms with Gasteiger partial charge >= 0.3 is 0 Å². The van der Waals surface area contributed by atoms with Crippen LogP contribution in [0.15, 0.2) is 30.6 Å². The Bertz CT molecular complexity index is 1030. The Morgan fingerprint density at radius 1 is 1.25 bits per heavy atom. The molecular formula is C18H21Cl2N7O. The summed E-state index contributed by atoms with van der Waals surface area (Å²) in [5.41, 5.74) is 3.65. The molecule has 3 heterocycles. The molecule has 28 heavy (non-hydrogen) atoms. The minimum atomic E-state index is 0. The van der Waals surface area contributed by atoms with Crippen LogP contribution in [0.2, 0.25) is 5.02 Å². The van der Waals surface area contributed by atoms with Gasteiger partial charge in [-0.15, -0.1) is 17.5 Å². The molecule has 0 bridgehead atoms. The van der Waals surface area contributed by atoms with Crippen LogP contribution in [0.4, 0.5) is 5.95 Å². The molecule has 1 aromatic carbocycles. The fourth-order valence-electron chi connectivity index (χ4n) is 3.00. The average molecular weight is 422 g/mol. The van der Waals surface area contributed by atoms with Crippen molar-refractivity contribution >= 4 is 52.0 Å². The Balaban J connectivity index is 0.00000225. The summed E-state index contributed by atoms with van der Waals surface area (Å²) in [6.45, 7) is 2.38. The van der Waals surface area contributed by atoms with Crippen molar-refractivity contribution in [2.45, 2.75) is 13.0 Å². The van der Waals surface area contributed by atoms with Crippen molar-refractivity contribution in [2.24, 2.45) is 0 Å². The molecule has 0 fully saturated rings. The Labute approximate surface area is 172 Å². The Hall–Kier alpha value is -2.55. The number of hydrogen-bond acceptors (Lipinski definition) is 6. The largest absolute Gasteiger partial charge is 0.497 e. The summed E-state index contributed by atoms with van der Waals surface area (Å²) in [6, 6.07) is 5.82. The Morgan fingerprint density at radius 3 is 2.96 bits per heavy atom. The first-order chi connectivity index (χ1) is 13.2. The van der Waals surface area contributed by atoms with E-state index >= 15 is 0 Å². The van der Waals surface area contributed by atoms with Crippen LogP contribution in [0.5, 0.6) is 5.75 Å². The lowest BCUT2D eigenvalue weighted by molar-refractivity contribution is 0.414. The lowest BCUT2D eigenvalue weighted by Crippen LogP contribution is -2.18. The molecule has 0 spiro atoms. The standard InChI is InChI=1S/C18H20ClN7O.ClH/c1-27-12-7-11(16-13(8-12)14(19)10-22-16)9-20-4-2-5-21-18-24-15-3-6-23-26-17(15)25-18;/h3,6-8,10,20,22H,2,4-5,9H2,1H3,(H2,21,24,25,26);1H. The zero-order chi connectivity index (χ0) is 18.6. The molecule has 0 saturated heterocycles. The quantitative estimate of drug-likeness (QED) is 0.324. The van der Waals surface area contributed by atoms with Crippen LogP contribution in [0.25, 0.3) is 22.1 Å². The van der Waals surface area contributed by atoms with Crippen molar-refractivity contribution in [2.75, 3.05) is 25.5 Å². The van der Waals surface area contributed by atoms with Gasteiger partial charge in [0.15, 0.2) is 0 Å². The van der Waals surface area contributed by atoms with Crippen molar-refractivity contribution in [1.29, 1.82) is 0 Å². The maximum atomic E-state index is 6.23. The van der Waals surface area contributed by atoms with Crippen molar-refractivity contribution < 1.29 is 4.74 Å². The Morgan fingerprint density at radius 2 is 2.14 bits per heavy atom. The molecule has 0 aliphatic rings. The topological polar surface area (TPSA) is 104 Å². The lowest BCUT2D eigenvalue weighted by Gasteiger charge is -2.09. The average Bonchev–Trinajstić information content (AvgIpc) is 3.27. The number of aromatic nitrogens is 5. The van der Waals surface area contributed by atoms with Gasteiger partial charge < -0.3 is 25.3 Å². The van der Waals surface area contributed by atoms with E-state index in [-0.39, 0.29) is 12.4 Å². The van der Waals surface area contributed by atoms with E-state index in [1.54, 1.807) is 19.5 Å². The highest BCUT2D eigenvalue weighted by atomic mass is 35.5. The molecule has 10 heteroatoms. The number of fused-ring (bicyclic) bond motifs is 2. The molecule has 4 rings (SSSR count). The third-order valence-electron chi connectivity index (χ3n) is 4.34. The van der Waals surface area contributed by atoms with Gasteiger partial charge in [-0.3, -0.25) is 0 Å². The molecule has 8 nitrogen and oxygen atoms in total. The fraction of sp³-hybridized carbons (Fsp3) is 0.278. The van der Waals surface area contributed by atoms with Gasteiger partial charge in [-0.25, -0.2) is 0 Å². The minimum Gasteiger partial charge on any atom is -0.497 e. The van der Waals surface area contributed by atoms with Crippen molar-refractivity contribution in [1.82, 2.24) is 30.5 Å². The number of nitrogens with one attached hydrogen (secondary N) is 4. The molecule has 3 aromatic heterocycles. The normalized spacial score (nSPS) is 10.9. The van der Waals surface area contributed by atoms with Gasteiger partial charge in [-0.05, 0) is 36.7 Å². The third kappa shape index (κ3) is 4.30. The maximum absolute atomic E-state index is 6.23. The Kier molecular flexibility index (Phi) is 6.56. The molecule has 148 valence electrons. The second kappa shape index (κ2) is 9.09. The number of ether oxygens (including phenoxy) is 1. The van der Waals surface area contributed by atoms with Crippen LogP contribution in [0.3, 0.4) is 0 Å². The molecule has 0 unspecified atom stereocenters. The number of H-pyrrole nitrogens is 2. The smallest absolute Gasteiger partial charge is 0.202 e. The van der Waals surface area contributed by atoms with Gasteiger partial charge in [0.1, 0.15) is 5.75 Å². The number of hydrogen-bond donors (Lipinski definition) is 4. The van der Waals surface area contributed by atoms with E-state index in [4.69, 9.17) is 16.3 Å². The highest BCUT2D eigenvalue weighted by molar-refractivity contribution is 6.35. The summed E-state index contributed by atoms with van der Waals surface area (Å²) < 4.78 is 5.38.